The molecule has 5 fully saturated rings. The minimum atomic E-state index is 0.867. The molecule has 0 spiro atoms. The third-order valence-electron chi connectivity index (χ3n) is 5.52. The van der Waals surface area contributed by atoms with Gasteiger partial charge in [-0.3, -0.25) is 4.90 Å². The number of hydrogen-bond donors (Lipinski definition) is 1. The van der Waals surface area contributed by atoms with Crippen LogP contribution in [0.25, 0.3) is 0 Å². The SMILES string of the molecule is C1CN2CCC1CC2C1NC2CCC1C2. The molecular weight excluding hydrogens is 184 g/mol. The fraction of sp³-hybridized carbons (Fsp3) is 1.00. The molecule has 0 aromatic carbocycles. The predicted molar refractivity (Wildman–Crippen MR) is 60.8 cm³/mol. The lowest BCUT2D eigenvalue weighted by Gasteiger charge is -2.49. The van der Waals surface area contributed by atoms with E-state index in [-0.39, 0.29) is 0 Å². The summed E-state index contributed by atoms with van der Waals surface area (Å²) in [6.07, 6.45) is 8.92. The summed E-state index contributed by atoms with van der Waals surface area (Å²) in [4.78, 5) is 2.79. The third kappa shape index (κ3) is 1.31. The highest BCUT2D eigenvalue weighted by molar-refractivity contribution is 5.05. The average Bonchev–Trinajstić information content (AvgIpc) is 2.92. The fourth-order valence-electron chi connectivity index (χ4n) is 4.71. The molecule has 4 saturated heterocycles. The Hall–Kier alpha value is -0.0800. The van der Waals surface area contributed by atoms with E-state index in [1.807, 2.05) is 0 Å². The molecule has 0 aromatic heterocycles. The summed E-state index contributed by atoms with van der Waals surface area (Å²) in [5.74, 6) is 2.10. The first-order valence-corrected chi connectivity index (χ1v) is 6.90. The Morgan fingerprint density at radius 3 is 2.33 bits per heavy atom. The number of fused-ring (bicyclic) bond motifs is 5. The van der Waals surface area contributed by atoms with Gasteiger partial charge in [-0.05, 0) is 63.5 Å². The Kier molecular flexibility index (Phi) is 1.92. The summed E-state index contributed by atoms with van der Waals surface area (Å²) in [5.41, 5.74) is 0. The minimum absolute atomic E-state index is 0.867. The molecule has 4 unspecified atom stereocenters. The van der Waals surface area contributed by atoms with E-state index < -0.39 is 0 Å². The highest BCUT2D eigenvalue weighted by Crippen LogP contribution is 2.42. The normalized spacial score (nSPS) is 57.6. The Morgan fingerprint density at radius 1 is 0.933 bits per heavy atom. The summed E-state index contributed by atoms with van der Waals surface area (Å²) in [5, 5.41) is 3.90. The Balaban J connectivity index is 1.53. The van der Waals surface area contributed by atoms with E-state index in [2.05, 4.69) is 10.2 Å². The van der Waals surface area contributed by atoms with Crippen LogP contribution >= 0.6 is 0 Å². The zero-order valence-electron chi connectivity index (χ0n) is 9.49. The zero-order chi connectivity index (χ0) is 9.83. The van der Waals surface area contributed by atoms with Gasteiger partial charge in [0.05, 0.1) is 0 Å². The second-order valence-corrected chi connectivity index (χ2v) is 6.24. The van der Waals surface area contributed by atoms with Crippen molar-refractivity contribution >= 4 is 0 Å². The standard InChI is InChI=1S/C13H22N2/c1-2-11-8-10(1)13(14-11)12-7-9-3-5-15(12)6-4-9/h9-14H,1-8H2. The van der Waals surface area contributed by atoms with E-state index in [1.54, 1.807) is 0 Å². The Bertz CT molecular complexity index is 257. The Morgan fingerprint density at radius 2 is 1.80 bits per heavy atom. The van der Waals surface area contributed by atoms with E-state index in [9.17, 15) is 0 Å². The number of piperidine rings is 4. The maximum atomic E-state index is 3.90. The van der Waals surface area contributed by atoms with Crippen LogP contribution in [0.5, 0.6) is 0 Å². The van der Waals surface area contributed by atoms with Crippen LogP contribution in [0, 0.1) is 11.8 Å². The third-order valence-corrected chi connectivity index (χ3v) is 5.52. The second-order valence-electron chi connectivity index (χ2n) is 6.24. The van der Waals surface area contributed by atoms with Crippen LogP contribution in [-0.4, -0.2) is 36.1 Å². The molecule has 1 N–H and O–H groups in total. The Labute approximate surface area is 92.4 Å². The van der Waals surface area contributed by atoms with Crippen LogP contribution < -0.4 is 5.32 Å². The number of rotatable bonds is 1. The molecule has 84 valence electrons. The largest absolute Gasteiger partial charge is 0.309 e. The molecule has 2 heteroatoms. The van der Waals surface area contributed by atoms with Gasteiger partial charge < -0.3 is 5.32 Å². The molecule has 0 aromatic rings. The molecule has 15 heavy (non-hydrogen) atoms. The van der Waals surface area contributed by atoms with Gasteiger partial charge in [0.1, 0.15) is 0 Å². The van der Waals surface area contributed by atoms with Gasteiger partial charge in [0.2, 0.25) is 0 Å². The molecule has 0 amide bonds. The van der Waals surface area contributed by atoms with Crippen molar-refractivity contribution in [3.8, 4) is 0 Å². The van der Waals surface area contributed by atoms with Gasteiger partial charge in [0.15, 0.2) is 0 Å². The van der Waals surface area contributed by atoms with Crippen LogP contribution in [0.3, 0.4) is 0 Å². The van der Waals surface area contributed by atoms with Crippen LogP contribution in [0.1, 0.15) is 38.5 Å². The zero-order valence-corrected chi connectivity index (χ0v) is 9.49. The van der Waals surface area contributed by atoms with Gasteiger partial charge in [0.25, 0.3) is 0 Å². The van der Waals surface area contributed by atoms with Crippen molar-refractivity contribution in [1.82, 2.24) is 10.2 Å². The monoisotopic (exact) mass is 206 g/mol. The molecule has 4 bridgehead atoms. The van der Waals surface area contributed by atoms with E-state index in [0.717, 1.165) is 30.0 Å². The van der Waals surface area contributed by atoms with E-state index >= 15 is 0 Å². The molecule has 0 radical (unpaired) electrons. The second kappa shape index (κ2) is 3.21. The van der Waals surface area contributed by atoms with Gasteiger partial charge in [0, 0.05) is 18.1 Å². The van der Waals surface area contributed by atoms with E-state index in [1.165, 1.54) is 51.6 Å². The van der Waals surface area contributed by atoms with E-state index in [0.29, 0.717) is 0 Å². The van der Waals surface area contributed by atoms with Crippen molar-refractivity contribution < 1.29 is 0 Å². The molecular formula is C13H22N2. The quantitative estimate of drug-likeness (QED) is 0.701. The maximum absolute atomic E-state index is 3.90. The fourth-order valence-corrected chi connectivity index (χ4v) is 4.71. The van der Waals surface area contributed by atoms with Gasteiger partial charge in [-0.2, -0.15) is 0 Å². The topological polar surface area (TPSA) is 15.3 Å². The van der Waals surface area contributed by atoms with E-state index in [4.69, 9.17) is 0 Å². The van der Waals surface area contributed by atoms with Crippen molar-refractivity contribution in [3.05, 3.63) is 0 Å². The number of hydrogen-bond acceptors (Lipinski definition) is 2. The molecule has 4 atom stereocenters. The van der Waals surface area contributed by atoms with Crippen LogP contribution in [0.4, 0.5) is 0 Å². The highest BCUT2D eigenvalue weighted by atomic mass is 15.2. The molecule has 5 rings (SSSR count). The molecule has 4 heterocycles. The first-order valence-electron chi connectivity index (χ1n) is 6.90. The molecule has 2 nitrogen and oxygen atoms in total. The highest BCUT2D eigenvalue weighted by Gasteiger charge is 2.47. The molecule has 1 saturated carbocycles. The summed E-state index contributed by atoms with van der Waals surface area (Å²) >= 11 is 0. The van der Waals surface area contributed by atoms with Gasteiger partial charge in [-0.25, -0.2) is 0 Å². The molecule has 1 aliphatic carbocycles. The summed E-state index contributed by atoms with van der Waals surface area (Å²) in [7, 11) is 0. The van der Waals surface area contributed by atoms with Crippen LogP contribution in [-0.2, 0) is 0 Å². The van der Waals surface area contributed by atoms with Crippen molar-refractivity contribution in [3.63, 3.8) is 0 Å². The number of nitrogens with one attached hydrogen (secondary N) is 1. The lowest BCUT2D eigenvalue weighted by molar-refractivity contribution is 0.0196. The minimum Gasteiger partial charge on any atom is -0.309 e. The summed E-state index contributed by atoms with van der Waals surface area (Å²) in [6.45, 7) is 2.79. The first kappa shape index (κ1) is 9.00. The van der Waals surface area contributed by atoms with Crippen molar-refractivity contribution in [2.75, 3.05) is 13.1 Å². The van der Waals surface area contributed by atoms with Crippen molar-refractivity contribution in [2.45, 2.75) is 56.7 Å². The lowest BCUT2D eigenvalue weighted by atomic mass is 9.78. The first-order chi connectivity index (χ1) is 7.40. The molecule has 5 aliphatic rings. The van der Waals surface area contributed by atoms with Gasteiger partial charge in [-0.15, -0.1) is 0 Å². The summed E-state index contributed by atoms with van der Waals surface area (Å²) < 4.78 is 0. The molecule has 4 aliphatic heterocycles. The van der Waals surface area contributed by atoms with Gasteiger partial charge in [-0.1, -0.05) is 0 Å². The predicted octanol–water partition coefficient (Wildman–Crippen LogP) is 1.61. The van der Waals surface area contributed by atoms with Crippen LogP contribution in [0.15, 0.2) is 0 Å². The van der Waals surface area contributed by atoms with Gasteiger partial charge >= 0.3 is 0 Å². The average molecular weight is 206 g/mol. The summed E-state index contributed by atoms with van der Waals surface area (Å²) in [6, 6.07) is 2.67. The maximum Gasteiger partial charge on any atom is 0.0254 e. The number of nitrogens with zero attached hydrogens (tertiary/aromatic N) is 1. The van der Waals surface area contributed by atoms with Crippen LogP contribution in [0.2, 0.25) is 0 Å². The van der Waals surface area contributed by atoms with Crippen molar-refractivity contribution in [1.29, 1.82) is 0 Å². The lowest BCUT2D eigenvalue weighted by Crippen LogP contribution is -2.58. The smallest absolute Gasteiger partial charge is 0.0254 e. The van der Waals surface area contributed by atoms with Crippen molar-refractivity contribution in [2.24, 2.45) is 11.8 Å².